The van der Waals surface area contributed by atoms with Gasteiger partial charge in [-0.15, -0.1) is 0 Å². The number of aryl methyl sites for hydroxylation is 1. The third kappa shape index (κ3) is 3.68. The number of hydrogen-bond donors (Lipinski definition) is 1. The smallest absolute Gasteiger partial charge is 0.242 e. The Morgan fingerprint density at radius 2 is 2.05 bits per heavy atom. The zero-order valence-electron chi connectivity index (χ0n) is 11.3. The van der Waals surface area contributed by atoms with Crippen molar-refractivity contribution < 1.29 is 4.79 Å². The lowest BCUT2D eigenvalue weighted by Gasteiger charge is -2.17. The normalized spacial score (nSPS) is 12.1. The zero-order valence-corrected chi connectivity index (χ0v) is 11.3. The van der Waals surface area contributed by atoms with Crippen LogP contribution in [0.1, 0.15) is 30.6 Å². The van der Waals surface area contributed by atoms with E-state index in [9.17, 15) is 4.79 Å². The van der Waals surface area contributed by atoms with Crippen LogP contribution in [0.2, 0.25) is 0 Å². The molecular weight excluding hydrogens is 238 g/mol. The fraction of sp³-hybridized carbons (Fsp3) is 0.333. The van der Waals surface area contributed by atoms with E-state index in [-0.39, 0.29) is 18.5 Å². The number of rotatable bonds is 5. The predicted molar refractivity (Wildman–Crippen MR) is 74.6 cm³/mol. The van der Waals surface area contributed by atoms with Crippen molar-refractivity contribution in [1.82, 2.24) is 15.1 Å². The molecule has 1 aromatic carbocycles. The highest BCUT2D eigenvalue weighted by molar-refractivity contribution is 5.76. The molecule has 0 spiro atoms. The fourth-order valence-corrected chi connectivity index (χ4v) is 2.04. The summed E-state index contributed by atoms with van der Waals surface area (Å²) in [7, 11) is 0. The SMILES string of the molecule is CCC(NC(=O)Cn1ccc(C)n1)c1ccccc1. The molecule has 0 saturated carbocycles. The van der Waals surface area contributed by atoms with E-state index in [1.807, 2.05) is 49.5 Å². The van der Waals surface area contributed by atoms with Crippen molar-refractivity contribution in [2.45, 2.75) is 32.9 Å². The van der Waals surface area contributed by atoms with Crippen molar-refractivity contribution in [3.63, 3.8) is 0 Å². The van der Waals surface area contributed by atoms with Gasteiger partial charge in [0.05, 0.1) is 11.7 Å². The Kier molecular flexibility index (Phi) is 4.34. The Morgan fingerprint density at radius 3 is 2.63 bits per heavy atom. The van der Waals surface area contributed by atoms with E-state index in [0.29, 0.717) is 0 Å². The molecule has 1 atom stereocenters. The van der Waals surface area contributed by atoms with Crippen molar-refractivity contribution in [1.29, 1.82) is 0 Å². The molecular formula is C15H19N3O. The predicted octanol–water partition coefficient (Wildman–Crippen LogP) is 2.46. The summed E-state index contributed by atoms with van der Waals surface area (Å²) < 4.78 is 1.66. The molecule has 0 aliphatic carbocycles. The summed E-state index contributed by atoms with van der Waals surface area (Å²) in [5, 5.41) is 7.25. The van der Waals surface area contributed by atoms with Gasteiger partial charge in [0, 0.05) is 6.20 Å². The van der Waals surface area contributed by atoms with Crippen LogP contribution in [0.3, 0.4) is 0 Å². The largest absolute Gasteiger partial charge is 0.348 e. The molecule has 0 aliphatic heterocycles. The second-order valence-corrected chi connectivity index (χ2v) is 4.59. The van der Waals surface area contributed by atoms with Gasteiger partial charge < -0.3 is 5.32 Å². The molecule has 1 amide bonds. The Bertz CT molecular complexity index is 533. The number of hydrogen-bond acceptors (Lipinski definition) is 2. The van der Waals surface area contributed by atoms with E-state index < -0.39 is 0 Å². The Morgan fingerprint density at radius 1 is 1.32 bits per heavy atom. The summed E-state index contributed by atoms with van der Waals surface area (Å²) >= 11 is 0. The average Bonchev–Trinajstić information content (AvgIpc) is 2.82. The number of carbonyl (C=O) groups excluding carboxylic acids is 1. The Labute approximate surface area is 113 Å². The molecule has 4 nitrogen and oxygen atoms in total. The number of aromatic nitrogens is 2. The van der Waals surface area contributed by atoms with Crippen LogP contribution < -0.4 is 5.32 Å². The summed E-state index contributed by atoms with van der Waals surface area (Å²) in [5.74, 6) is -0.0150. The minimum atomic E-state index is -0.0150. The van der Waals surface area contributed by atoms with Crippen molar-refractivity contribution in [2.24, 2.45) is 0 Å². The summed E-state index contributed by atoms with van der Waals surface area (Å²) in [6, 6.07) is 12.0. The molecule has 100 valence electrons. The van der Waals surface area contributed by atoms with Crippen molar-refractivity contribution in [3.8, 4) is 0 Å². The van der Waals surface area contributed by atoms with Gasteiger partial charge in [-0.05, 0) is 25.0 Å². The lowest BCUT2D eigenvalue weighted by molar-refractivity contribution is -0.122. The Hall–Kier alpha value is -2.10. The van der Waals surface area contributed by atoms with E-state index in [4.69, 9.17) is 0 Å². The third-order valence-corrected chi connectivity index (χ3v) is 3.03. The molecule has 1 heterocycles. The van der Waals surface area contributed by atoms with E-state index >= 15 is 0 Å². The highest BCUT2D eigenvalue weighted by Crippen LogP contribution is 2.15. The molecule has 0 saturated heterocycles. The number of carbonyl (C=O) groups is 1. The monoisotopic (exact) mass is 257 g/mol. The second-order valence-electron chi connectivity index (χ2n) is 4.59. The number of nitrogens with one attached hydrogen (secondary N) is 1. The zero-order chi connectivity index (χ0) is 13.7. The molecule has 0 aliphatic rings. The van der Waals surface area contributed by atoms with Crippen molar-refractivity contribution in [2.75, 3.05) is 0 Å². The standard InChI is InChI=1S/C15H19N3O/c1-3-14(13-7-5-4-6-8-13)16-15(19)11-18-10-9-12(2)17-18/h4-10,14H,3,11H2,1-2H3,(H,16,19). The van der Waals surface area contributed by atoms with Crippen LogP contribution in [0.25, 0.3) is 0 Å². The van der Waals surface area contributed by atoms with E-state index in [1.54, 1.807) is 4.68 Å². The van der Waals surface area contributed by atoms with Gasteiger partial charge >= 0.3 is 0 Å². The van der Waals surface area contributed by atoms with Gasteiger partial charge in [-0.1, -0.05) is 37.3 Å². The molecule has 0 radical (unpaired) electrons. The highest BCUT2D eigenvalue weighted by atomic mass is 16.2. The van der Waals surface area contributed by atoms with Gasteiger partial charge in [0.1, 0.15) is 6.54 Å². The first-order valence-corrected chi connectivity index (χ1v) is 6.53. The van der Waals surface area contributed by atoms with Gasteiger partial charge in [0.25, 0.3) is 0 Å². The number of amides is 1. The average molecular weight is 257 g/mol. The van der Waals surface area contributed by atoms with Gasteiger partial charge in [-0.2, -0.15) is 5.10 Å². The minimum absolute atomic E-state index is 0.0150. The first-order chi connectivity index (χ1) is 9.19. The molecule has 4 heteroatoms. The highest BCUT2D eigenvalue weighted by Gasteiger charge is 2.12. The van der Waals surface area contributed by atoms with Crippen molar-refractivity contribution in [3.05, 3.63) is 53.9 Å². The minimum Gasteiger partial charge on any atom is -0.348 e. The second kappa shape index (κ2) is 6.18. The summed E-state index contributed by atoms with van der Waals surface area (Å²) in [5.41, 5.74) is 2.05. The van der Waals surface area contributed by atoms with Gasteiger partial charge in [0.15, 0.2) is 0 Å². The van der Waals surface area contributed by atoms with Crippen LogP contribution in [0.4, 0.5) is 0 Å². The number of nitrogens with zero attached hydrogens (tertiary/aromatic N) is 2. The van der Waals surface area contributed by atoms with Gasteiger partial charge in [-0.25, -0.2) is 0 Å². The third-order valence-electron chi connectivity index (χ3n) is 3.03. The fourth-order valence-electron chi connectivity index (χ4n) is 2.04. The first-order valence-electron chi connectivity index (χ1n) is 6.53. The van der Waals surface area contributed by atoms with E-state index in [2.05, 4.69) is 17.3 Å². The van der Waals surface area contributed by atoms with Gasteiger partial charge in [-0.3, -0.25) is 9.48 Å². The molecule has 2 aromatic rings. The van der Waals surface area contributed by atoms with E-state index in [1.165, 1.54) is 0 Å². The maximum Gasteiger partial charge on any atom is 0.242 e. The van der Waals surface area contributed by atoms with Crippen LogP contribution in [-0.2, 0) is 11.3 Å². The molecule has 1 N–H and O–H groups in total. The molecule has 1 unspecified atom stereocenters. The lowest BCUT2D eigenvalue weighted by Crippen LogP contribution is -2.31. The molecule has 2 rings (SSSR count). The lowest BCUT2D eigenvalue weighted by atomic mass is 10.0. The maximum absolute atomic E-state index is 12.0. The van der Waals surface area contributed by atoms with Crippen molar-refractivity contribution >= 4 is 5.91 Å². The summed E-state index contributed by atoms with van der Waals surface area (Å²) in [6.45, 7) is 4.24. The van der Waals surface area contributed by atoms with Crippen LogP contribution in [0, 0.1) is 6.92 Å². The summed E-state index contributed by atoms with van der Waals surface area (Å²) in [6.07, 6.45) is 2.69. The van der Waals surface area contributed by atoms with Crippen LogP contribution >= 0.6 is 0 Å². The number of benzene rings is 1. The molecule has 1 aromatic heterocycles. The van der Waals surface area contributed by atoms with E-state index in [0.717, 1.165) is 17.7 Å². The first kappa shape index (κ1) is 13.3. The molecule has 0 fully saturated rings. The molecule has 19 heavy (non-hydrogen) atoms. The van der Waals surface area contributed by atoms with Gasteiger partial charge in [0.2, 0.25) is 5.91 Å². The molecule has 0 bridgehead atoms. The Balaban J connectivity index is 1.97. The quantitative estimate of drug-likeness (QED) is 0.894. The summed E-state index contributed by atoms with van der Waals surface area (Å²) in [4.78, 5) is 12.0. The topological polar surface area (TPSA) is 46.9 Å². The van der Waals surface area contributed by atoms with Crippen LogP contribution in [-0.4, -0.2) is 15.7 Å². The van der Waals surface area contributed by atoms with Crippen LogP contribution in [0.15, 0.2) is 42.6 Å². The van der Waals surface area contributed by atoms with Crippen LogP contribution in [0.5, 0.6) is 0 Å². The maximum atomic E-state index is 12.0.